The van der Waals surface area contributed by atoms with Crippen molar-refractivity contribution in [3.05, 3.63) is 30.6 Å². The molecule has 2 aliphatic rings. The lowest BCUT2D eigenvalue weighted by Crippen LogP contribution is -2.39. The van der Waals surface area contributed by atoms with Gasteiger partial charge in [-0.05, 0) is 49.3 Å². The molecule has 7 nitrogen and oxygen atoms in total. The van der Waals surface area contributed by atoms with Gasteiger partial charge in [0.1, 0.15) is 6.10 Å². The van der Waals surface area contributed by atoms with Gasteiger partial charge < -0.3 is 14.8 Å². The first-order valence-corrected chi connectivity index (χ1v) is 10.5. The van der Waals surface area contributed by atoms with Gasteiger partial charge in [0.05, 0.1) is 30.5 Å². The lowest BCUT2D eigenvalue weighted by atomic mass is 9.87. The van der Waals surface area contributed by atoms with Gasteiger partial charge in [-0.1, -0.05) is 13.0 Å². The first-order valence-electron chi connectivity index (χ1n) is 10.5. The Morgan fingerprint density at radius 2 is 1.97 bits per heavy atom. The summed E-state index contributed by atoms with van der Waals surface area (Å²) in [4.78, 5) is 9.36. The molecule has 1 aromatic carbocycles. The van der Waals surface area contributed by atoms with Gasteiger partial charge in [0.15, 0.2) is 0 Å². The molecule has 0 radical (unpaired) electrons. The second-order valence-corrected chi connectivity index (χ2v) is 8.33. The van der Waals surface area contributed by atoms with Crippen molar-refractivity contribution < 1.29 is 9.47 Å². The Morgan fingerprint density at radius 1 is 1.14 bits per heavy atom. The number of nitrogens with one attached hydrogen (secondary N) is 1. The fraction of sp³-hybridized carbons (Fsp3) is 0.500. The average Bonchev–Trinajstić information content (AvgIpc) is 3.07. The van der Waals surface area contributed by atoms with Crippen LogP contribution in [0.3, 0.4) is 0 Å². The molecule has 0 unspecified atom stereocenters. The molecule has 0 amide bonds. The van der Waals surface area contributed by atoms with Gasteiger partial charge in [0, 0.05) is 24.7 Å². The largest absolute Gasteiger partial charge is 0.469 e. The van der Waals surface area contributed by atoms with Crippen LogP contribution in [0.2, 0.25) is 0 Å². The minimum atomic E-state index is 0.0501. The summed E-state index contributed by atoms with van der Waals surface area (Å²) in [5.74, 6) is 2.07. The van der Waals surface area contributed by atoms with Gasteiger partial charge in [-0.25, -0.2) is 4.98 Å². The monoisotopic (exact) mass is 393 g/mol. The molecule has 29 heavy (non-hydrogen) atoms. The van der Waals surface area contributed by atoms with E-state index < -0.39 is 0 Å². The molecular formula is C22H27N5O2. The molecule has 5 rings (SSSR count). The maximum atomic E-state index is 6.16. The summed E-state index contributed by atoms with van der Waals surface area (Å²) in [7, 11) is 1.95. The fourth-order valence-corrected chi connectivity index (χ4v) is 4.08. The van der Waals surface area contributed by atoms with Crippen LogP contribution in [0, 0.1) is 5.92 Å². The SMILES string of the molecule is Cn1ncc2cc(-c3cnc(N[C@H]4CC[C@H](C)CC4)nc3OC3COC3)ccc21. The zero-order chi connectivity index (χ0) is 19.8. The number of ether oxygens (including phenoxy) is 2. The van der Waals surface area contributed by atoms with Crippen LogP contribution >= 0.6 is 0 Å². The van der Waals surface area contributed by atoms with Crippen molar-refractivity contribution in [2.75, 3.05) is 18.5 Å². The van der Waals surface area contributed by atoms with E-state index in [9.17, 15) is 0 Å². The number of aryl methyl sites for hydroxylation is 1. The molecule has 1 saturated heterocycles. The van der Waals surface area contributed by atoms with Crippen molar-refractivity contribution in [3.63, 3.8) is 0 Å². The minimum Gasteiger partial charge on any atom is -0.469 e. The molecule has 1 saturated carbocycles. The second-order valence-electron chi connectivity index (χ2n) is 8.33. The highest BCUT2D eigenvalue weighted by atomic mass is 16.6. The van der Waals surface area contributed by atoms with Crippen molar-refractivity contribution in [1.29, 1.82) is 0 Å². The van der Waals surface area contributed by atoms with Gasteiger partial charge in [0.2, 0.25) is 11.8 Å². The standard InChI is InChI=1S/C22H27N5O2/c1-14-3-6-17(7-4-14)25-22-23-11-19(21(26-22)29-18-12-28-13-18)15-5-8-20-16(9-15)10-24-27(20)2/h5,8-11,14,17-18H,3-4,6-7,12-13H2,1-2H3,(H,23,25,26)/t14-,17-. The topological polar surface area (TPSA) is 74.1 Å². The van der Waals surface area contributed by atoms with E-state index in [0.29, 0.717) is 31.1 Å². The summed E-state index contributed by atoms with van der Waals surface area (Å²) in [6.45, 7) is 3.54. The number of hydrogen-bond donors (Lipinski definition) is 1. The zero-order valence-corrected chi connectivity index (χ0v) is 17.0. The van der Waals surface area contributed by atoms with Gasteiger partial charge in [0.25, 0.3) is 0 Å². The molecule has 3 heterocycles. The first kappa shape index (κ1) is 18.4. The van der Waals surface area contributed by atoms with Crippen LogP contribution in [0.25, 0.3) is 22.0 Å². The third-order valence-corrected chi connectivity index (χ3v) is 6.05. The predicted octanol–water partition coefficient (Wildman–Crippen LogP) is 3.80. The molecule has 1 aliphatic heterocycles. The molecule has 0 spiro atoms. The van der Waals surface area contributed by atoms with Crippen molar-refractivity contribution in [2.24, 2.45) is 13.0 Å². The Morgan fingerprint density at radius 3 is 2.72 bits per heavy atom. The minimum absolute atomic E-state index is 0.0501. The summed E-state index contributed by atoms with van der Waals surface area (Å²) < 4.78 is 13.3. The second kappa shape index (κ2) is 7.63. The number of rotatable bonds is 5. The Bertz CT molecular complexity index is 1010. The van der Waals surface area contributed by atoms with E-state index in [1.807, 2.05) is 24.1 Å². The van der Waals surface area contributed by atoms with Crippen LogP contribution in [-0.4, -0.2) is 45.1 Å². The van der Waals surface area contributed by atoms with E-state index in [2.05, 4.69) is 40.5 Å². The molecule has 1 aliphatic carbocycles. The van der Waals surface area contributed by atoms with Gasteiger partial charge >= 0.3 is 0 Å². The molecular weight excluding hydrogens is 366 g/mol. The molecule has 0 bridgehead atoms. The number of aromatic nitrogens is 4. The quantitative estimate of drug-likeness (QED) is 0.711. The Hall–Kier alpha value is -2.67. The molecule has 2 fully saturated rings. The van der Waals surface area contributed by atoms with E-state index in [1.54, 1.807) is 0 Å². The number of benzene rings is 1. The van der Waals surface area contributed by atoms with Crippen molar-refractivity contribution in [3.8, 4) is 17.0 Å². The lowest BCUT2D eigenvalue weighted by Gasteiger charge is -2.28. The summed E-state index contributed by atoms with van der Waals surface area (Å²) >= 11 is 0. The van der Waals surface area contributed by atoms with E-state index in [4.69, 9.17) is 14.5 Å². The third-order valence-electron chi connectivity index (χ3n) is 6.05. The molecule has 1 N–H and O–H groups in total. The highest BCUT2D eigenvalue weighted by Crippen LogP contribution is 2.33. The van der Waals surface area contributed by atoms with Crippen molar-refractivity contribution >= 4 is 16.9 Å². The summed E-state index contributed by atoms with van der Waals surface area (Å²) in [5.41, 5.74) is 3.01. The van der Waals surface area contributed by atoms with E-state index in [-0.39, 0.29) is 6.10 Å². The van der Waals surface area contributed by atoms with Crippen LogP contribution in [0.5, 0.6) is 5.88 Å². The molecule has 7 heteroatoms. The molecule has 3 aromatic rings. The van der Waals surface area contributed by atoms with Crippen LogP contribution in [0.1, 0.15) is 32.6 Å². The van der Waals surface area contributed by atoms with Crippen LogP contribution in [-0.2, 0) is 11.8 Å². The third kappa shape index (κ3) is 3.79. The maximum Gasteiger partial charge on any atom is 0.226 e. The number of fused-ring (bicyclic) bond motifs is 1. The van der Waals surface area contributed by atoms with E-state index in [0.717, 1.165) is 40.8 Å². The summed E-state index contributed by atoms with van der Waals surface area (Å²) in [6, 6.07) is 6.69. The smallest absolute Gasteiger partial charge is 0.226 e. The average molecular weight is 393 g/mol. The van der Waals surface area contributed by atoms with E-state index >= 15 is 0 Å². The zero-order valence-electron chi connectivity index (χ0n) is 17.0. The van der Waals surface area contributed by atoms with Crippen LogP contribution in [0.15, 0.2) is 30.6 Å². The van der Waals surface area contributed by atoms with Gasteiger partial charge in [-0.2, -0.15) is 10.1 Å². The molecule has 0 atom stereocenters. The van der Waals surface area contributed by atoms with Crippen molar-refractivity contribution in [2.45, 2.75) is 44.8 Å². The number of hydrogen-bond acceptors (Lipinski definition) is 6. The predicted molar refractivity (Wildman–Crippen MR) is 112 cm³/mol. The van der Waals surface area contributed by atoms with Gasteiger partial charge in [-0.3, -0.25) is 4.68 Å². The summed E-state index contributed by atoms with van der Waals surface area (Å²) in [5, 5.41) is 8.94. The van der Waals surface area contributed by atoms with Crippen molar-refractivity contribution in [1.82, 2.24) is 19.7 Å². The van der Waals surface area contributed by atoms with E-state index in [1.165, 1.54) is 12.8 Å². The fourth-order valence-electron chi connectivity index (χ4n) is 4.08. The Balaban J connectivity index is 1.44. The number of nitrogens with zero attached hydrogens (tertiary/aromatic N) is 4. The van der Waals surface area contributed by atoms with Crippen LogP contribution < -0.4 is 10.1 Å². The highest BCUT2D eigenvalue weighted by Gasteiger charge is 2.24. The molecule has 2 aromatic heterocycles. The number of anilines is 1. The Kier molecular flexibility index (Phi) is 4.83. The maximum absolute atomic E-state index is 6.16. The summed E-state index contributed by atoms with van der Waals surface area (Å²) in [6.07, 6.45) is 8.63. The van der Waals surface area contributed by atoms with Gasteiger partial charge in [-0.15, -0.1) is 0 Å². The normalized spacial score (nSPS) is 22.4. The van der Waals surface area contributed by atoms with Crippen LogP contribution in [0.4, 0.5) is 5.95 Å². The molecule has 152 valence electrons. The lowest BCUT2D eigenvalue weighted by molar-refractivity contribution is -0.0810. The Labute approximate surface area is 170 Å². The highest BCUT2D eigenvalue weighted by molar-refractivity contribution is 5.85. The first-order chi connectivity index (χ1) is 14.2.